The first-order valence-corrected chi connectivity index (χ1v) is 5.49. The summed E-state index contributed by atoms with van der Waals surface area (Å²) < 4.78 is 0. The van der Waals surface area contributed by atoms with Gasteiger partial charge in [-0.05, 0) is 25.0 Å². The fourth-order valence-electron chi connectivity index (χ4n) is 1.68. The Labute approximate surface area is 103 Å². The van der Waals surface area contributed by atoms with E-state index in [9.17, 15) is 19.8 Å². The second-order valence-corrected chi connectivity index (χ2v) is 4.44. The van der Waals surface area contributed by atoms with Crippen LogP contribution in [0.2, 0.25) is 0 Å². The Bertz CT molecular complexity index is 507. The number of benzene rings is 1. The predicted octanol–water partition coefficient (Wildman–Crippen LogP) is 0.692. The molecule has 6 nitrogen and oxygen atoms in total. The van der Waals surface area contributed by atoms with Crippen molar-refractivity contribution in [2.45, 2.75) is 12.8 Å². The largest absolute Gasteiger partial charge is 0.504 e. The predicted molar refractivity (Wildman–Crippen MR) is 61.4 cm³/mol. The normalized spacial score (nSPS) is 16.0. The summed E-state index contributed by atoms with van der Waals surface area (Å²) in [5.41, 5.74) is -0.932. The Hall–Kier alpha value is -2.24. The van der Waals surface area contributed by atoms with Crippen LogP contribution in [-0.4, -0.2) is 33.7 Å². The fraction of sp³-hybridized carbons (Fsp3) is 0.333. The minimum atomic E-state index is -0.928. The third-order valence-electron chi connectivity index (χ3n) is 3.15. The van der Waals surface area contributed by atoms with Crippen molar-refractivity contribution in [1.82, 2.24) is 5.32 Å². The third kappa shape index (κ3) is 2.09. The van der Waals surface area contributed by atoms with Gasteiger partial charge in [0.1, 0.15) is 0 Å². The maximum Gasteiger partial charge on any atom is 0.311 e. The molecule has 0 heterocycles. The number of nitrogens with one attached hydrogen (secondary N) is 1. The molecule has 1 amide bonds. The van der Waals surface area contributed by atoms with Gasteiger partial charge in [0, 0.05) is 6.54 Å². The van der Waals surface area contributed by atoms with Crippen LogP contribution in [0.5, 0.6) is 11.5 Å². The number of phenolic OH excluding ortho intramolecular Hbond substituents is 2. The zero-order valence-electron chi connectivity index (χ0n) is 9.51. The van der Waals surface area contributed by atoms with Gasteiger partial charge >= 0.3 is 5.97 Å². The molecule has 0 radical (unpaired) electrons. The van der Waals surface area contributed by atoms with E-state index in [-0.39, 0.29) is 17.9 Å². The quantitative estimate of drug-likeness (QED) is 0.589. The van der Waals surface area contributed by atoms with Crippen LogP contribution >= 0.6 is 0 Å². The lowest BCUT2D eigenvalue weighted by Gasteiger charge is -2.12. The van der Waals surface area contributed by atoms with E-state index in [1.165, 1.54) is 18.2 Å². The number of rotatable bonds is 4. The van der Waals surface area contributed by atoms with E-state index in [1.807, 2.05) is 0 Å². The zero-order valence-corrected chi connectivity index (χ0v) is 9.51. The average Bonchev–Trinajstić information content (AvgIpc) is 3.11. The topological polar surface area (TPSA) is 107 Å². The summed E-state index contributed by atoms with van der Waals surface area (Å²) in [4.78, 5) is 22.7. The average molecular weight is 251 g/mol. The standard InChI is InChI=1S/C12H13NO5/c14-8-3-1-2-7(9(8)15)10(16)13-6-12(4-5-12)11(17)18/h1-3,14-15H,4-6H2,(H,13,16)(H,17,18). The Kier molecular flexibility index (Phi) is 2.86. The van der Waals surface area contributed by atoms with Gasteiger partial charge in [-0.25, -0.2) is 0 Å². The number of phenols is 2. The number of carboxylic acids is 1. The molecule has 1 aromatic carbocycles. The highest BCUT2D eigenvalue weighted by Crippen LogP contribution is 2.45. The van der Waals surface area contributed by atoms with Crippen LogP contribution in [0, 0.1) is 5.41 Å². The molecule has 96 valence electrons. The summed E-state index contributed by atoms with van der Waals surface area (Å²) >= 11 is 0. The lowest BCUT2D eigenvalue weighted by molar-refractivity contribution is -0.143. The summed E-state index contributed by atoms with van der Waals surface area (Å²) in [5.74, 6) is -2.42. The first kappa shape index (κ1) is 12.2. The van der Waals surface area contributed by atoms with Crippen molar-refractivity contribution in [3.8, 4) is 11.5 Å². The van der Waals surface area contributed by atoms with Gasteiger partial charge in [0.25, 0.3) is 5.91 Å². The van der Waals surface area contributed by atoms with Crippen molar-refractivity contribution >= 4 is 11.9 Å². The van der Waals surface area contributed by atoms with E-state index in [2.05, 4.69) is 5.32 Å². The van der Waals surface area contributed by atoms with E-state index in [1.54, 1.807) is 0 Å². The SMILES string of the molecule is O=C(NCC1(C(=O)O)CC1)c1cccc(O)c1O. The number of carbonyl (C=O) groups is 2. The van der Waals surface area contributed by atoms with Gasteiger partial charge in [0.15, 0.2) is 11.5 Å². The summed E-state index contributed by atoms with van der Waals surface area (Å²) in [6.07, 6.45) is 1.07. The van der Waals surface area contributed by atoms with E-state index >= 15 is 0 Å². The third-order valence-corrected chi connectivity index (χ3v) is 3.15. The summed E-state index contributed by atoms with van der Waals surface area (Å²) in [6, 6.07) is 4.03. The van der Waals surface area contributed by atoms with Gasteiger partial charge in [-0.1, -0.05) is 6.07 Å². The van der Waals surface area contributed by atoms with Gasteiger partial charge < -0.3 is 20.6 Å². The molecule has 0 bridgehead atoms. The number of amides is 1. The molecule has 1 fully saturated rings. The molecule has 1 saturated carbocycles. The number of para-hydroxylation sites is 1. The maximum atomic E-state index is 11.7. The Morgan fingerprint density at radius 2 is 1.94 bits per heavy atom. The van der Waals surface area contributed by atoms with Crippen LogP contribution in [-0.2, 0) is 4.79 Å². The van der Waals surface area contributed by atoms with Crippen molar-refractivity contribution in [2.75, 3.05) is 6.54 Å². The molecule has 0 unspecified atom stereocenters. The number of hydrogen-bond donors (Lipinski definition) is 4. The molecule has 2 rings (SSSR count). The van der Waals surface area contributed by atoms with Crippen molar-refractivity contribution in [2.24, 2.45) is 5.41 Å². The van der Waals surface area contributed by atoms with Gasteiger partial charge in [0.05, 0.1) is 11.0 Å². The van der Waals surface area contributed by atoms with Gasteiger partial charge in [-0.2, -0.15) is 0 Å². The van der Waals surface area contributed by atoms with Crippen LogP contribution in [0.15, 0.2) is 18.2 Å². The molecule has 1 aliphatic carbocycles. The van der Waals surface area contributed by atoms with Crippen molar-refractivity contribution in [1.29, 1.82) is 0 Å². The van der Waals surface area contributed by atoms with Gasteiger partial charge in [-0.3, -0.25) is 9.59 Å². The molecule has 0 saturated heterocycles. The monoisotopic (exact) mass is 251 g/mol. The number of carbonyl (C=O) groups excluding carboxylic acids is 1. The summed E-state index contributed by atoms with van der Waals surface area (Å²) in [6.45, 7) is 0.0241. The molecule has 0 aromatic heterocycles. The van der Waals surface area contributed by atoms with Crippen LogP contribution in [0.3, 0.4) is 0 Å². The van der Waals surface area contributed by atoms with Crippen molar-refractivity contribution in [3.05, 3.63) is 23.8 Å². The smallest absolute Gasteiger partial charge is 0.311 e. The summed E-state index contributed by atoms with van der Waals surface area (Å²) in [7, 11) is 0. The molecule has 18 heavy (non-hydrogen) atoms. The van der Waals surface area contributed by atoms with Gasteiger partial charge in [0.2, 0.25) is 0 Å². The molecule has 4 N–H and O–H groups in total. The van der Waals surface area contributed by atoms with E-state index in [0.717, 1.165) is 0 Å². The first-order valence-electron chi connectivity index (χ1n) is 5.49. The Morgan fingerprint density at radius 1 is 1.28 bits per heavy atom. The maximum absolute atomic E-state index is 11.7. The molecular weight excluding hydrogens is 238 g/mol. The second-order valence-electron chi connectivity index (χ2n) is 4.44. The molecule has 1 aliphatic rings. The minimum Gasteiger partial charge on any atom is -0.504 e. The summed E-state index contributed by atoms with van der Waals surface area (Å²) in [5, 5.41) is 30.2. The van der Waals surface area contributed by atoms with Crippen LogP contribution < -0.4 is 5.32 Å². The molecule has 0 atom stereocenters. The van der Waals surface area contributed by atoms with Crippen LogP contribution in [0.25, 0.3) is 0 Å². The number of aliphatic carboxylic acids is 1. The number of hydrogen-bond acceptors (Lipinski definition) is 4. The van der Waals surface area contributed by atoms with Gasteiger partial charge in [-0.15, -0.1) is 0 Å². The second kappa shape index (κ2) is 4.21. The van der Waals surface area contributed by atoms with Crippen molar-refractivity contribution in [3.63, 3.8) is 0 Å². The highest BCUT2D eigenvalue weighted by Gasteiger charge is 2.50. The van der Waals surface area contributed by atoms with Crippen molar-refractivity contribution < 1.29 is 24.9 Å². The zero-order chi connectivity index (χ0) is 13.3. The number of aromatic hydroxyl groups is 2. The lowest BCUT2D eigenvalue weighted by atomic mass is 10.1. The first-order chi connectivity index (χ1) is 8.46. The van der Waals surface area contributed by atoms with E-state index < -0.39 is 23.0 Å². The molecular formula is C12H13NO5. The molecule has 1 aromatic rings. The molecule has 6 heteroatoms. The Morgan fingerprint density at radius 3 is 2.50 bits per heavy atom. The lowest BCUT2D eigenvalue weighted by Crippen LogP contribution is -2.34. The van der Waals surface area contributed by atoms with Crippen LogP contribution in [0.4, 0.5) is 0 Å². The number of carboxylic acid groups (broad SMARTS) is 1. The minimum absolute atomic E-state index is 0.0241. The highest BCUT2D eigenvalue weighted by atomic mass is 16.4. The molecule has 0 spiro atoms. The fourth-order valence-corrected chi connectivity index (χ4v) is 1.68. The van der Waals surface area contributed by atoms with Crippen LogP contribution in [0.1, 0.15) is 23.2 Å². The van der Waals surface area contributed by atoms with E-state index in [4.69, 9.17) is 5.11 Å². The molecule has 0 aliphatic heterocycles. The highest BCUT2D eigenvalue weighted by molar-refractivity contribution is 5.98. The van der Waals surface area contributed by atoms with E-state index in [0.29, 0.717) is 12.8 Å². The Balaban J connectivity index is 2.05.